The zero-order valence-corrected chi connectivity index (χ0v) is 12.7. The number of carbonyl (C=O) groups excluding carboxylic acids is 2. The molecular weight excluding hydrogens is 252 g/mol. The summed E-state index contributed by atoms with van der Waals surface area (Å²) < 4.78 is 0. The highest BCUT2D eigenvalue weighted by Crippen LogP contribution is 2.39. The van der Waals surface area contributed by atoms with Crippen LogP contribution in [0.25, 0.3) is 0 Å². The standard InChI is InChI=1S/C16H26N2O2/c1-3-12-14(19)17-16(9-4-5-10-16)15(20)18(12)13-8-6-7-11(13)2/h11-13H,3-10H2,1-2H3,(H,17,19). The quantitative estimate of drug-likeness (QED) is 0.842. The van der Waals surface area contributed by atoms with Crippen molar-refractivity contribution in [2.45, 2.75) is 82.8 Å². The molecule has 2 amide bonds. The number of hydrogen-bond donors (Lipinski definition) is 1. The van der Waals surface area contributed by atoms with Crippen molar-refractivity contribution in [1.29, 1.82) is 0 Å². The van der Waals surface area contributed by atoms with Crippen molar-refractivity contribution in [2.75, 3.05) is 0 Å². The maximum atomic E-state index is 13.1. The van der Waals surface area contributed by atoms with E-state index < -0.39 is 5.54 Å². The fourth-order valence-electron chi connectivity index (χ4n) is 4.51. The summed E-state index contributed by atoms with van der Waals surface area (Å²) in [6.07, 6.45) is 7.90. The molecular formula is C16H26N2O2. The van der Waals surface area contributed by atoms with Gasteiger partial charge in [0.1, 0.15) is 11.6 Å². The lowest BCUT2D eigenvalue weighted by Gasteiger charge is -2.48. The smallest absolute Gasteiger partial charge is 0.249 e. The van der Waals surface area contributed by atoms with Gasteiger partial charge in [-0.05, 0) is 38.0 Å². The molecule has 0 radical (unpaired) electrons. The first-order chi connectivity index (χ1) is 9.59. The first kappa shape index (κ1) is 13.9. The topological polar surface area (TPSA) is 49.4 Å². The number of amides is 2. The predicted molar refractivity (Wildman–Crippen MR) is 77.1 cm³/mol. The summed E-state index contributed by atoms with van der Waals surface area (Å²) >= 11 is 0. The van der Waals surface area contributed by atoms with Crippen molar-refractivity contribution in [3.05, 3.63) is 0 Å². The molecule has 3 rings (SSSR count). The Morgan fingerprint density at radius 1 is 1.20 bits per heavy atom. The zero-order valence-electron chi connectivity index (χ0n) is 12.7. The first-order valence-electron chi connectivity index (χ1n) is 8.24. The van der Waals surface area contributed by atoms with Crippen molar-refractivity contribution in [1.82, 2.24) is 10.2 Å². The lowest BCUT2D eigenvalue weighted by molar-refractivity contribution is -0.158. The highest BCUT2D eigenvalue weighted by Gasteiger charge is 2.54. The van der Waals surface area contributed by atoms with Crippen LogP contribution in [0.15, 0.2) is 0 Å². The molecule has 2 saturated carbocycles. The van der Waals surface area contributed by atoms with Crippen LogP contribution in [0.3, 0.4) is 0 Å². The van der Waals surface area contributed by atoms with E-state index in [2.05, 4.69) is 12.2 Å². The van der Waals surface area contributed by atoms with E-state index in [1.807, 2.05) is 11.8 Å². The minimum Gasteiger partial charge on any atom is -0.340 e. The van der Waals surface area contributed by atoms with Gasteiger partial charge in [-0.15, -0.1) is 0 Å². The Balaban J connectivity index is 1.93. The Labute approximate surface area is 121 Å². The normalized spacial score (nSPS) is 36.7. The third-order valence-electron chi connectivity index (χ3n) is 5.66. The summed E-state index contributed by atoms with van der Waals surface area (Å²) in [5.41, 5.74) is -0.564. The van der Waals surface area contributed by atoms with E-state index >= 15 is 0 Å². The molecule has 1 heterocycles. The van der Waals surface area contributed by atoms with Gasteiger partial charge in [-0.1, -0.05) is 33.1 Å². The van der Waals surface area contributed by atoms with Crippen molar-refractivity contribution < 1.29 is 9.59 Å². The Morgan fingerprint density at radius 3 is 2.45 bits per heavy atom. The largest absolute Gasteiger partial charge is 0.340 e. The average molecular weight is 278 g/mol. The molecule has 3 fully saturated rings. The second-order valence-corrected chi connectivity index (χ2v) is 6.89. The molecule has 4 heteroatoms. The van der Waals surface area contributed by atoms with E-state index in [0.717, 1.165) is 38.5 Å². The van der Waals surface area contributed by atoms with Crippen LogP contribution < -0.4 is 5.32 Å². The summed E-state index contributed by atoms with van der Waals surface area (Å²) in [6.45, 7) is 4.24. The molecule has 3 aliphatic rings. The van der Waals surface area contributed by atoms with Crippen molar-refractivity contribution >= 4 is 11.8 Å². The van der Waals surface area contributed by atoms with Crippen molar-refractivity contribution in [3.8, 4) is 0 Å². The number of piperazine rings is 1. The third-order valence-corrected chi connectivity index (χ3v) is 5.66. The minimum atomic E-state index is -0.564. The summed E-state index contributed by atoms with van der Waals surface area (Å²) in [7, 11) is 0. The van der Waals surface area contributed by atoms with Gasteiger partial charge < -0.3 is 10.2 Å². The zero-order chi connectivity index (χ0) is 14.3. The van der Waals surface area contributed by atoms with Gasteiger partial charge >= 0.3 is 0 Å². The molecule has 0 aromatic heterocycles. The molecule has 2 aliphatic carbocycles. The molecule has 3 unspecified atom stereocenters. The Bertz CT molecular complexity index is 415. The van der Waals surface area contributed by atoms with Gasteiger partial charge in [0.05, 0.1) is 0 Å². The number of rotatable bonds is 2. The highest BCUT2D eigenvalue weighted by atomic mass is 16.2. The van der Waals surface area contributed by atoms with E-state index in [9.17, 15) is 9.59 Å². The maximum absolute atomic E-state index is 13.1. The lowest BCUT2D eigenvalue weighted by Crippen LogP contribution is -2.71. The first-order valence-corrected chi connectivity index (χ1v) is 8.24. The predicted octanol–water partition coefficient (Wildman–Crippen LogP) is 2.22. The van der Waals surface area contributed by atoms with Crippen LogP contribution in [0.4, 0.5) is 0 Å². The monoisotopic (exact) mass is 278 g/mol. The van der Waals surface area contributed by atoms with Crippen LogP contribution in [-0.4, -0.2) is 34.3 Å². The van der Waals surface area contributed by atoms with Gasteiger partial charge in [-0.2, -0.15) is 0 Å². The Morgan fingerprint density at radius 2 is 1.90 bits per heavy atom. The molecule has 1 N–H and O–H groups in total. The van der Waals surface area contributed by atoms with E-state index in [1.165, 1.54) is 12.8 Å². The van der Waals surface area contributed by atoms with Gasteiger partial charge in [0.15, 0.2) is 0 Å². The fourth-order valence-corrected chi connectivity index (χ4v) is 4.51. The van der Waals surface area contributed by atoms with Crippen molar-refractivity contribution in [3.63, 3.8) is 0 Å². The average Bonchev–Trinajstić information content (AvgIpc) is 3.04. The van der Waals surface area contributed by atoms with Gasteiger partial charge in [-0.3, -0.25) is 9.59 Å². The maximum Gasteiger partial charge on any atom is 0.249 e. The summed E-state index contributed by atoms with van der Waals surface area (Å²) in [4.78, 5) is 27.6. The molecule has 112 valence electrons. The second-order valence-electron chi connectivity index (χ2n) is 6.89. The molecule has 0 bridgehead atoms. The van der Waals surface area contributed by atoms with Crippen LogP contribution in [0.5, 0.6) is 0 Å². The van der Waals surface area contributed by atoms with Crippen molar-refractivity contribution in [2.24, 2.45) is 5.92 Å². The minimum absolute atomic E-state index is 0.0769. The summed E-state index contributed by atoms with van der Waals surface area (Å²) in [5.74, 6) is 0.811. The molecule has 0 aromatic rings. The molecule has 1 saturated heterocycles. The number of nitrogens with zero attached hydrogens (tertiary/aromatic N) is 1. The third kappa shape index (κ3) is 1.95. The fraction of sp³-hybridized carbons (Fsp3) is 0.875. The van der Waals surface area contributed by atoms with Gasteiger partial charge in [0.25, 0.3) is 0 Å². The Kier molecular flexibility index (Phi) is 3.51. The van der Waals surface area contributed by atoms with Gasteiger partial charge in [0.2, 0.25) is 11.8 Å². The molecule has 4 nitrogen and oxygen atoms in total. The van der Waals surface area contributed by atoms with E-state index in [-0.39, 0.29) is 23.9 Å². The summed E-state index contributed by atoms with van der Waals surface area (Å²) in [6, 6.07) is 0.0234. The summed E-state index contributed by atoms with van der Waals surface area (Å²) in [5, 5.41) is 3.08. The van der Waals surface area contributed by atoms with Crippen LogP contribution in [0, 0.1) is 5.92 Å². The van der Waals surface area contributed by atoms with Crippen LogP contribution in [0.1, 0.15) is 65.2 Å². The van der Waals surface area contributed by atoms with E-state index in [1.54, 1.807) is 0 Å². The second kappa shape index (κ2) is 5.05. The van der Waals surface area contributed by atoms with Crippen LogP contribution >= 0.6 is 0 Å². The molecule has 0 aromatic carbocycles. The van der Waals surface area contributed by atoms with Crippen LogP contribution in [-0.2, 0) is 9.59 Å². The highest BCUT2D eigenvalue weighted by molar-refractivity contribution is 6.00. The van der Waals surface area contributed by atoms with Gasteiger partial charge in [0, 0.05) is 6.04 Å². The molecule has 1 aliphatic heterocycles. The van der Waals surface area contributed by atoms with E-state index in [4.69, 9.17) is 0 Å². The SMILES string of the molecule is CCC1C(=O)NC2(CCCC2)C(=O)N1C1CCCC1C. The molecule has 1 spiro atoms. The van der Waals surface area contributed by atoms with Crippen LogP contribution in [0.2, 0.25) is 0 Å². The lowest BCUT2D eigenvalue weighted by atomic mass is 9.87. The van der Waals surface area contributed by atoms with E-state index in [0.29, 0.717) is 5.92 Å². The Hall–Kier alpha value is -1.06. The number of nitrogens with one attached hydrogen (secondary N) is 1. The molecule has 20 heavy (non-hydrogen) atoms. The number of carbonyl (C=O) groups is 2. The molecule has 3 atom stereocenters. The van der Waals surface area contributed by atoms with Gasteiger partial charge in [-0.25, -0.2) is 0 Å². The number of hydrogen-bond acceptors (Lipinski definition) is 2.